The fraction of sp³-hybridized carbons (Fsp3) is 0.841. The second-order valence-corrected chi connectivity index (χ2v) is 33.0. The van der Waals surface area contributed by atoms with Crippen LogP contribution < -0.4 is 20.4 Å². The Morgan fingerprint density at radius 2 is 0.421 bits per heavy atom. The Balaban J connectivity index is -0.000000234. The molecule has 624 valence electrons. The molecule has 0 saturated carbocycles. The zero-order chi connectivity index (χ0) is 80.1. The summed E-state index contributed by atoms with van der Waals surface area (Å²) in [7, 11) is 2.82. The number of unbranched alkanes of at least 4 members (excludes halogenated alkanes) is 40. The minimum Gasteiger partial charge on any atom is -2.00 e. The number of ether oxygens (including phenoxy) is 2. The summed E-state index contributed by atoms with van der Waals surface area (Å²) in [4.78, 5) is 64.0. The van der Waals surface area contributed by atoms with Gasteiger partial charge in [-0.2, -0.15) is 50.5 Å². The molecule has 0 bridgehead atoms. The maximum Gasteiger partial charge on any atom is -2.00 e. The molecule has 0 aromatic rings. The van der Waals surface area contributed by atoms with E-state index in [0.29, 0.717) is 61.5 Å². The van der Waals surface area contributed by atoms with Crippen molar-refractivity contribution in [2.24, 2.45) is 23.7 Å². The van der Waals surface area contributed by atoms with Gasteiger partial charge >= 0.3 is 112 Å². The van der Waals surface area contributed by atoms with Crippen LogP contribution in [0.3, 0.4) is 0 Å². The van der Waals surface area contributed by atoms with E-state index in [1.54, 1.807) is 0 Å². The van der Waals surface area contributed by atoms with E-state index in [4.69, 9.17) is 0 Å². The Kier molecular flexibility index (Phi) is 120. The van der Waals surface area contributed by atoms with Crippen LogP contribution in [0.4, 0.5) is 0 Å². The summed E-state index contributed by atoms with van der Waals surface area (Å²) in [5, 5.41) is 43.6. The molecule has 0 aliphatic carbocycles. The van der Waals surface area contributed by atoms with Gasteiger partial charge in [-0.05, 0) is 201 Å². The van der Waals surface area contributed by atoms with Crippen LogP contribution in [-0.2, 0) is 51.7 Å². The molecular formula is C88H162O12S5Sn2. The number of carboxylic acids is 4. The number of hydrogen-bond acceptors (Lipinski definition) is 16. The second-order valence-electron chi connectivity index (χ2n) is 28.3. The summed E-state index contributed by atoms with van der Waals surface area (Å²) in [6.07, 6.45) is 85.7. The topological polar surface area (TPSA) is 213 Å². The standard InChI is InChI=1S/4C20H38O2S.2C4H7O2.S.2Sn/c4*1-2-3-4-5-6-7-8-9-10-11-12-13-14-15-16-19(17-18-23)20(21)22;2*1-3-4(5)6-2;;;/h4*9-10,19,23H,2-8,11-18H2,1H3,(H,21,22);2*1,3H2,2H3;;;/q;;;;;;-2;2*+3/p-4/b4*10-9-;;;;;. The van der Waals surface area contributed by atoms with Crippen LogP contribution in [0.25, 0.3) is 0 Å². The van der Waals surface area contributed by atoms with E-state index in [-0.39, 0.29) is 49.1 Å². The van der Waals surface area contributed by atoms with E-state index in [2.05, 4.69) is 136 Å². The van der Waals surface area contributed by atoms with Gasteiger partial charge in [0.1, 0.15) is 0 Å². The van der Waals surface area contributed by atoms with Crippen LogP contribution in [0.1, 0.15) is 400 Å². The molecule has 12 nitrogen and oxygen atoms in total. The van der Waals surface area contributed by atoms with E-state index in [1.807, 2.05) is 0 Å². The van der Waals surface area contributed by atoms with Gasteiger partial charge in [0.15, 0.2) is 0 Å². The third-order valence-electron chi connectivity index (χ3n) is 18.6. The zero-order valence-corrected chi connectivity index (χ0v) is 79.4. The van der Waals surface area contributed by atoms with Crippen molar-refractivity contribution in [3.63, 3.8) is 0 Å². The van der Waals surface area contributed by atoms with E-state index in [9.17, 15) is 49.2 Å². The average Bonchev–Trinajstić information content (AvgIpc) is 1.04. The second kappa shape index (κ2) is 107. The van der Waals surface area contributed by atoms with Crippen LogP contribution in [0.2, 0.25) is 8.87 Å². The Hall–Kier alpha value is -0.873. The van der Waals surface area contributed by atoms with Crippen LogP contribution in [-0.4, -0.2) is 118 Å². The van der Waals surface area contributed by atoms with Crippen molar-refractivity contribution in [3.05, 3.63) is 48.6 Å². The third-order valence-corrected chi connectivity index (χ3v) is 21.1. The number of thiol groups is 4. The van der Waals surface area contributed by atoms with Gasteiger partial charge in [-0.3, -0.25) is 0 Å². The number of hydrogen-bond donors (Lipinski definition) is 4. The number of carbonyl (C=O) groups is 6. The first-order chi connectivity index (χ1) is 51.5. The maximum atomic E-state index is 10.9. The molecule has 107 heavy (non-hydrogen) atoms. The normalized spacial score (nSPS) is 12.1. The molecule has 4 atom stereocenters. The SMILES string of the molecule is CCCCCCCC/C=C\CCCCCCC(CCS)C(=O)[O-].CCCCCCCC/C=C\CCCCCCC(CCS)C(=O)[O-].CCCCCCCC/C=C\CCCCCCC(CCS)C(=O)[O-].CCCCCCCC/C=C\CCCCCCC(CCS)C(=O)[O-].COC(=O)C[CH2][Sn+3].COC(=O)C[CH2][Sn+3].[S-2]. The number of rotatable bonds is 72. The molecule has 0 fully saturated rings. The van der Waals surface area contributed by atoms with Crippen molar-refractivity contribution >= 4 is 145 Å². The van der Waals surface area contributed by atoms with Gasteiger partial charge in [0.05, 0.1) is 0 Å². The van der Waals surface area contributed by atoms with Crippen LogP contribution >= 0.6 is 50.5 Å². The molecule has 0 saturated heterocycles. The van der Waals surface area contributed by atoms with Gasteiger partial charge in [-0.15, -0.1) is 0 Å². The Labute approximate surface area is 715 Å². The Morgan fingerprint density at radius 3 is 0.542 bits per heavy atom. The minimum atomic E-state index is -0.906. The summed E-state index contributed by atoms with van der Waals surface area (Å²) in [6, 6.07) is 0. The summed E-state index contributed by atoms with van der Waals surface area (Å²) < 4.78 is 10.6. The third kappa shape index (κ3) is 109. The van der Waals surface area contributed by atoms with Crippen molar-refractivity contribution in [1.29, 1.82) is 0 Å². The minimum absolute atomic E-state index is 0. The van der Waals surface area contributed by atoms with Gasteiger partial charge in [0.25, 0.3) is 0 Å². The van der Waals surface area contributed by atoms with Crippen molar-refractivity contribution in [3.8, 4) is 0 Å². The van der Waals surface area contributed by atoms with Gasteiger partial charge in [-0.25, -0.2) is 0 Å². The number of esters is 2. The zero-order valence-electron chi connectivity index (χ0n) is 69.3. The molecule has 0 aromatic carbocycles. The van der Waals surface area contributed by atoms with Crippen LogP contribution in [0.5, 0.6) is 0 Å². The molecule has 0 radical (unpaired) electrons. The van der Waals surface area contributed by atoms with Gasteiger partial charge in [-0.1, -0.05) is 282 Å². The van der Waals surface area contributed by atoms with Gasteiger partial charge < -0.3 is 53.1 Å². The summed E-state index contributed by atoms with van der Waals surface area (Å²) in [5.74, 6) is -2.52. The van der Waals surface area contributed by atoms with Crippen LogP contribution in [0, 0.1) is 23.7 Å². The quantitative estimate of drug-likeness (QED) is 0.0147. The average molecular weight is 1810 g/mol. The molecule has 0 N–H and O–H groups in total. The van der Waals surface area contributed by atoms with Gasteiger partial charge in [0.2, 0.25) is 0 Å². The molecule has 19 heteroatoms. The predicted octanol–water partition coefficient (Wildman–Crippen LogP) is 21.5. The van der Waals surface area contributed by atoms with Crippen molar-refractivity contribution < 1.29 is 58.7 Å². The Bertz CT molecular complexity index is 1700. The molecule has 4 unspecified atom stereocenters. The maximum absolute atomic E-state index is 10.9. The summed E-state index contributed by atoms with van der Waals surface area (Å²) in [5.41, 5.74) is 0. The summed E-state index contributed by atoms with van der Waals surface area (Å²) >= 11 is 19.2. The number of carboxylic acid groups (broad SMARTS) is 4. The van der Waals surface area contributed by atoms with Crippen LogP contribution in [0.15, 0.2) is 48.6 Å². The number of methoxy groups -OCH3 is 2. The molecule has 0 aliphatic heterocycles. The monoisotopic (exact) mass is 1810 g/mol. The molecular weight excluding hydrogens is 1650 g/mol. The number of carbonyl (C=O) groups excluding carboxylic acids is 6. The largest absolute Gasteiger partial charge is 2.00 e. The van der Waals surface area contributed by atoms with E-state index in [1.165, 1.54) is 290 Å². The van der Waals surface area contributed by atoms with Gasteiger partial charge in [0, 0.05) is 23.9 Å². The first-order valence-corrected chi connectivity index (χ1v) is 49.4. The molecule has 0 spiro atoms. The fourth-order valence-electron chi connectivity index (χ4n) is 11.7. The van der Waals surface area contributed by atoms with E-state index in [0.717, 1.165) is 112 Å². The fourth-order valence-corrected chi connectivity index (χ4v) is 14.1. The van der Waals surface area contributed by atoms with Crippen molar-refractivity contribution in [2.45, 2.75) is 409 Å². The first kappa shape index (κ1) is 119. The van der Waals surface area contributed by atoms with E-state index >= 15 is 0 Å². The predicted molar refractivity (Wildman–Crippen MR) is 469 cm³/mol. The smallest absolute Gasteiger partial charge is 2.00 e. The molecule has 0 aromatic heterocycles. The van der Waals surface area contributed by atoms with Crippen molar-refractivity contribution in [1.82, 2.24) is 0 Å². The number of allylic oxidation sites excluding steroid dienone is 8. The van der Waals surface area contributed by atoms with E-state index < -0.39 is 23.9 Å². The summed E-state index contributed by atoms with van der Waals surface area (Å²) in [6.45, 7) is 9.03. The molecule has 0 aliphatic rings. The molecule has 0 amide bonds. The number of aliphatic carboxylic acids is 4. The Morgan fingerprint density at radius 1 is 0.271 bits per heavy atom. The van der Waals surface area contributed by atoms with Crippen molar-refractivity contribution in [2.75, 3.05) is 37.2 Å². The first-order valence-electron chi connectivity index (χ1n) is 42.8. The molecule has 0 heterocycles. The molecule has 0 rings (SSSR count).